The summed E-state index contributed by atoms with van der Waals surface area (Å²) < 4.78 is 0. The second kappa shape index (κ2) is 3.23. The Labute approximate surface area is 64.2 Å². The van der Waals surface area contributed by atoms with Gasteiger partial charge in [0.05, 0.1) is 12.8 Å². The molecule has 1 aromatic carbocycles. The maximum Gasteiger partial charge on any atom is 0.0866 e. The van der Waals surface area contributed by atoms with Crippen LogP contribution in [0.5, 0.6) is 5.75 Å². The van der Waals surface area contributed by atoms with Gasteiger partial charge in [0.25, 0.3) is 0 Å². The first-order valence-electron chi connectivity index (χ1n) is 3.05. The van der Waals surface area contributed by atoms with E-state index in [1.54, 1.807) is 12.1 Å². The summed E-state index contributed by atoms with van der Waals surface area (Å²) in [6.07, 6.45) is 0. The second-order valence-electron chi connectivity index (χ2n) is 1.92. The highest BCUT2D eigenvalue weighted by Crippen LogP contribution is 2.21. The molecule has 0 amide bonds. The summed E-state index contributed by atoms with van der Waals surface area (Å²) in [5.41, 5.74) is 0.106. The average Bonchev–Trinajstić information content (AvgIpc) is 2.04. The van der Waals surface area contributed by atoms with Crippen molar-refractivity contribution >= 4 is 5.69 Å². The maximum absolute atomic E-state index is 10.9. The molecule has 4 nitrogen and oxygen atoms in total. The lowest BCUT2D eigenvalue weighted by Gasteiger charge is -2.19. The van der Waals surface area contributed by atoms with E-state index >= 15 is 0 Å². The summed E-state index contributed by atoms with van der Waals surface area (Å²) in [7, 11) is 1.27. The first-order valence-corrected chi connectivity index (χ1v) is 3.05. The first-order chi connectivity index (χ1) is 5.25. The van der Waals surface area contributed by atoms with Crippen LogP contribution in [0.4, 0.5) is 5.69 Å². The lowest BCUT2D eigenvalue weighted by atomic mass is 10.3. The highest BCUT2D eigenvalue weighted by Gasteiger charge is 1.99. The Morgan fingerprint density at radius 1 is 1.45 bits per heavy atom. The highest BCUT2D eigenvalue weighted by atomic mass is 16.9. The third-order valence-electron chi connectivity index (χ3n) is 1.24. The number of anilines is 1. The summed E-state index contributed by atoms with van der Waals surface area (Å²) in [5, 5.41) is 20.3. The molecule has 0 unspecified atom stereocenters. The Hall–Kier alpha value is -1.26. The van der Waals surface area contributed by atoms with Crippen LogP contribution in [0.25, 0.3) is 0 Å². The van der Waals surface area contributed by atoms with Gasteiger partial charge in [-0.3, -0.25) is 10.0 Å². The molecule has 0 saturated heterocycles. The SMILES string of the molecule is CON(O)c1ccccc1[O-]. The third-order valence-corrected chi connectivity index (χ3v) is 1.24. The van der Waals surface area contributed by atoms with Crippen LogP contribution in [0.1, 0.15) is 0 Å². The topological polar surface area (TPSA) is 55.8 Å². The summed E-state index contributed by atoms with van der Waals surface area (Å²) in [4.78, 5) is 4.41. The van der Waals surface area contributed by atoms with Crippen molar-refractivity contribution in [2.45, 2.75) is 0 Å². The van der Waals surface area contributed by atoms with Gasteiger partial charge in [-0.1, -0.05) is 23.9 Å². The molecule has 60 valence electrons. The minimum absolute atomic E-state index is 0.106. The van der Waals surface area contributed by atoms with Crippen LogP contribution in [-0.4, -0.2) is 12.3 Å². The molecule has 0 aliphatic rings. The van der Waals surface area contributed by atoms with E-state index in [0.717, 1.165) is 0 Å². The second-order valence-corrected chi connectivity index (χ2v) is 1.92. The summed E-state index contributed by atoms with van der Waals surface area (Å²) >= 11 is 0. The Morgan fingerprint density at radius 3 is 2.64 bits per heavy atom. The molecule has 0 aliphatic heterocycles. The zero-order chi connectivity index (χ0) is 8.27. The van der Waals surface area contributed by atoms with E-state index in [2.05, 4.69) is 4.84 Å². The lowest BCUT2D eigenvalue weighted by molar-refractivity contribution is -0.268. The van der Waals surface area contributed by atoms with Crippen LogP contribution in [-0.2, 0) is 4.84 Å². The van der Waals surface area contributed by atoms with Crippen LogP contribution in [0, 0.1) is 0 Å². The standard InChI is InChI=1S/C7H9NO3/c1-11-8(10)6-4-2-3-5-7(6)9/h2-5,9-10H,1H3/p-1. The van der Waals surface area contributed by atoms with Crippen molar-refractivity contribution in [3.8, 4) is 5.75 Å². The van der Waals surface area contributed by atoms with Gasteiger partial charge in [0.1, 0.15) is 0 Å². The number of hydrogen-bond acceptors (Lipinski definition) is 4. The molecule has 0 bridgehead atoms. The molecule has 0 aliphatic carbocycles. The zero-order valence-electron chi connectivity index (χ0n) is 6.02. The zero-order valence-corrected chi connectivity index (χ0v) is 6.02. The van der Waals surface area contributed by atoms with E-state index in [1.807, 2.05) is 0 Å². The number of rotatable bonds is 2. The molecule has 0 atom stereocenters. The number of benzene rings is 1. The normalized spacial score (nSPS) is 9.64. The van der Waals surface area contributed by atoms with Crippen LogP contribution >= 0.6 is 0 Å². The molecular weight excluding hydrogens is 146 g/mol. The molecule has 11 heavy (non-hydrogen) atoms. The molecule has 0 aromatic heterocycles. The molecule has 0 heterocycles. The molecule has 1 aromatic rings. The van der Waals surface area contributed by atoms with E-state index < -0.39 is 0 Å². The number of para-hydroxylation sites is 2. The van der Waals surface area contributed by atoms with Gasteiger partial charge in [-0.05, 0) is 6.07 Å². The van der Waals surface area contributed by atoms with Gasteiger partial charge >= 0.3 is 0 Å². The van der Waals surface area contributed by atoms with Crippen molar-refractivity contribution in [2.24, 2.45) is 0 Å². The minimum Gasteiger partial charge on any atom is -0.871 e. The van der Waals surface area contributed by atoms with Gasteiger partial charge < -0.3 is 5.11 Å². The fourth-order valence-corrected chi connectivity index (χ4v) is 0.714. The molecule has 4 heteroatoms. The Morgan fingerprint density at radius 2 is 2.09 bits per heavy atom. The first kappa shape index (κ1) is 7.84. The van der Waals surface area contributed by atoms with E-state index in [9.17, 15) is 5.11 Å². The third kappa shape index (κ3) is 1.60. The predicted octanol–water partition coefficient (Wildman–Crippen LogP) is 0.517. The average molecular weight is 154 g/mol. The minimum atomic E-state index is -0.281. The van der Waals surface area contributed by atoms with E-state index in [1.165, 1.54) is 19.2 Å². The van der Waals surface area contributed by atoms with Crippen molar-refractivity contribution in [3.05, 3.63) is 24.3 Å². The van der Waals surface area contributed by atoms with Crippen LogP contribution in [0.15, 0.2) is 24.3 Å². The molecule has 0 spiro atoms. The van der Waals surface area contributed by atoms with Gasteiger partial charge in [0, 0.05) is 0 Å². The van der Waals surface area contributed by atoms with Gasteiger partial charge in [-0.15, -0.1) is 5.23 Å². The lowest BCUT2D eigenvalue weighted by Crippen LogP contribution is -2.17. The van der Waals surface area contributed by atoms with Gasteiger partial charge in [0.15, 0.2) is 0 Å². The van der Waals surface area contributed by atoms with E-state index in [-0.39, 0.29) is 11.4 Å². The maximum atomic E-state index is 10.9. The Kier molecular flexibility index (Phi) is 2.30. The number of hydrogen-bond donors (Lipinski definition) is 1. The van der Waals surface area contributed by atoms with Crippen LogP contribution in [0.2, 0.25) is 0 Å². The highest BCUT2D eigenvalue weighted by molar-refractivity contribution is 5.52. The van der Waals surface area contributed by atoms with Gasteiger partial charge in [-0.2, -0.15) is 0 Å². The largest absolute Gasteiger partial charge is 0.871 e. The van der Waals surface area contributed by atoms with E-state index in [0.29, 0.717) is 5.23 Å². The Bertz CT molecular complexity index is 239. The fraction of sp³-hybridized carbons (Fsp3) is 0.143. The van der Waals surface area contributed by atoms with Crippen molar-refractivity contribution in [3.63, 3.8) is 0 Å². The van der Waals surface area contributed by atoms with Crippen molar-refractivity contribution < 1.29 is 15.2 Å². The molecular formula is C7H8NO3-. The Balaban J connectivity index is 2.93. The fourth-order valence-electron chi connectivity index (χ4n) is 0.714. The molecule has 1 N–H and O–H groups in total. The molecule has 0 saturated carbocycles. The monoisotopic (exact) mass is 154 g/mol. The van der Waals surface area contributed by atoms with Crippen LogP contribution in [0.3, 0.4) is 0 Å². The summed E-state index contributed by atoms with van der Waals surface area (Å²) in [5.74, 6) is -0.281. The van der Waals surface area contributed by atoms with Gasteiger partial charge in [-0.25, -0.2) is 0 Å². The van der Waals surface area contributed by atoms with Gasteiger partial charge in [0.2, 0.25) is 0 Å². The smallest absolute Gasteiger partial charge is 0.0866 e. The number of nitrogens with zero attached hydrogens (tertiary/aromatic N) is 1. The van der Waals surface area contributed by atoms with Crippen molar-refractivity contribution in [1.29, 1.82) is 0 Å². The van der Waals surface area contributed by atoms with E-state index in [4.69, 9.17) is 5.21 Å². The van der Waals surface area contributed by atoms with Crippen LogP contribution < -0.4 is 10.3 Å². The molecule has 0 fully saturated rings. The molecule has 0 radical (unpaired) electrons. The quantitative estimate of drug-likeness (QED) is 0.631. The van der Waals surface area contributed by atoms with Crippen molar-refractivity contribution in [1.82, 2.24) is 0 Å². The predicted molar refractivity (Wildman–Crippen MR) is 37.2 cm³/mol. The molecule has 1 rings (SSSR count). The summed E-state index contributed by atoms with van der Waals surface area (Å²) in [6.45, 7) is 0. The summed E-state index contributed by atoms with van der Waals surface area (Å²) in [6, 6.07) is 6.04. The van der Waals surface area contributed by atoms with Crippen molar-refractivity contribution in [2.75, 3.05) is 12.3 Å².